The fourth-order valence-electron chi connectivity index (χ4n) is 4.28. The van der Waals surface area contributed by atoms with E-state index < -0.39 is 0 Å². The van der Waals surface area contributed by atoms with E-state index in [0.29, 0.717) is 5.82 Å². The van der Waals surface area contributed by atoms with E-state index >= 15 is 0 Å². The lowest BCUT2D eigenvalue weighted by Crippen LogP contribution is -2.22. The highest BCUT2D eigenvalue weighted by atomic mass is 32.2. The largest absolute Gasteiger partial charge is 0.497 e. The van der Waals surface area contributed by atoms with Crippen LogP contribution >= 0.6 is 11.8 Å². The molecule has 0 saturated heterocycles. The van der Waals surface area contributed by atoms with Crippen molar-refractivity contribution < 1.29 is 14.3 Å². The zero-order valence-corrected chi connectivity index (χ0v) is 19.9. The van der Waals surface area contributed by atoms with Gasteiger partial charge in [0.15, 0.2) is 0 Å². The Kier molecular flexibility index (Phi) is 5.69. The van der Waals surface area contributed by atoms with Gasteiger partial charge in [0, 0.05) is 11.3 Å². The molecule has 172 valence electrons. The minimum absolute atomic E-state index is 0.0909. The lowest BCUT2D eigenvalue weighted by Gasteiger charge is -2.20. The fourth-order valence-corrected chi connectivity index (χ4v) is 5.20. The van der Waals surface area contributed by atoms with Crippen LogP contribution in [0.25, 0.3) is 11.5 Å². The number of esters is 1. The number of thioether (sulfide) groups is 1. The van der Waals surface area contributed by atoms with Crippen molar-refractivity contribution in [3.05, 3.63) is 41.1 Å². The summed E-state index contributed by atoms with van der Waals surface area (Å²) in [6, 6.07) is 7.89. The van der Waals surface area contributed by atoms with Crippen LogP contribution in [0.2, 0.25) is 0 Å². The number of hydrogen-bond donors (Lipinski definition) is 0. The second kappa shape index (κ2) is 8.66. The van der Waals surface area contributed by atoms with Gasteiger partial charge in [0.1, 0.15) is 18.0 Å². The number of carbonyl (C=O) groups excluding carboxylic acids is 1. The van der Waals surface area contributed by atoms with Crippen LogP contribution in [-0.4, -0.2) is 54.8 Å². The number of nitrogens with zero attached hydrogens (tertiary/aromatic N) is 6. The van der Waals surface area contributed by atoms with Crippen molar-refractivity contribution in [3.8, 4) is 17.3 Å². The van der Waals surface area contributed by atoms with Crippen molar-refractivity contribution >= 4 is 23.4 Å². The molecule has 0 amide bonds. The van der Waals surface area contributed by atoms with Crippen LogP contribution in [0.1, 0.15) is 44.0 Å². The molecule has 0 bridgehead atoms. The number of fused-ring (bicyclic) bond motifs is 2. The second-order valence-electron chi connectivity index (χ2n) is 8.42. The SMILES string of the molecule is COc1ccc(C2=Nn3c(nnc3-c3nn(CC(=O)OC(C)C)c4c3CCC4)SC2C)cc1. The quantitative estimate of drug-likeness (QED) is 0.514. The van der Waals surface area contributed by atoms with Crippen LogP contribution in [0.3, 0.4) is 0 Å². The number of carbonyl (C=O) groups is 1. The summed E-state index contributed by atoms with van der Waals surface area (Å²) in [6.45, 7) is 5.89. The van der Waals surface area contributed by atoms with Gasteiger partial charge in [-0.1, -0.05) is 11.8 Å². The van der Waals surface area contributed by atoms with Crippen LogP contribution in [0.5, 0.6) is 5.75 Å². The van der Waals surface area contributed by atoms with Crippen molar-refractivity contribution in [3.63, 3.8) is 0 Å². The lowest BCUT2D eigenvalue weighted by molar-refractivity contribution is -0.148. The van der Waals surface area contributed by atoms with Crippen LogP contribution < -0.4 is 4.74 Å². The molecule has 1 atom stereocenters. The highest BCUT2D eigenvalue weighted by Crippen LogP contribution is 2.36. The molecular weight excluding hydrogens is 440 g/mol. The predicted molar refractivity (Wildman–Crippen MR) is 125 cm³/mol. The first kappa shape index (κ1) is 21.7. The van der Waals surface area contributed by atoms with Crippen molar-refractivity contribution in [2.45, 2.75) is 63.1 Å². The fraction of sp³-hybridized carbons (Fsp3) is 0.435. The van der Waals surface area contributed by atoms with E-state index in [1.807, 2.05) is 38.1 Å². The number of ether oxygens (including phenoxy) is 2. The van der Waals surface area contributed by atoms with E-state index in [4.69, 9.17) is 19.7 Å². The third-order valence-electron chi connectivity index (χ3n) is 5.74. The van der Waals surface area contributed by atoms with Gasteiger partial charge in [-0.15, -0.1) is 10.2 Å². The molecule has 2 aromatic heterocycles. The molecule has 2 aliphatic rings. The van der Waals surface area contributed by atoms with E-state index in [2.05, 4.69) is 17.1 Å². The minimum atomic E-state index is -0.291. The van der Waals surface area contributed by atoms with Gasteiger partial charge in [-0.3, -0.25) is 9.48 Å². The van der Waals surface area contributed by atoms with Gasteiger partial charge < -0.3 is 9.47 Å². The molecule has 0 N–H and O–H groups in total. The molecule has 0 fully saturated rings. The Hall–Kier alpha value is -3.14. The zero-order chi connectivity index (χ0) is 23.1. The third kappa shape index (κ3) is 4.03. The Labute approximate surface area is 196 Å². The molecule has 5 rings (SSSR count). The first-order chi connectivity index (χ1) is 15.9. The normalized spacial score (nSPS) is 17.0. The Morgan fingerprint density at radius 3 is 2.73 bits per heavy atom. The molecule has 0 spiro atoms. The third-order valence-corrected chi connectivity index (χ3v) is 6.78. The molecule has 0 radical (unpaired) electrons. The maximum absolute atomic E-state index is 12.3. The second-order valence-corrected chi connectivity index (χ2v) is 9.72. The summed E-state index contributed by atoms with van der Waals surface area (Å²) in [5.41, 5.74) is 4.89. The highest BCUT2D eigenvalue weighted by Gasteiger charge is 2.31. The molecule has 3 heterocycles. The molecule has 1 unspecified atom stereocenters. The summed E-state index contributed by atoms with van der Waals surface area (Å²) in [5, 5.41) is 19.4. The Bertz CT molecular complexity index is 1230. The molecule has 9 nitrogen and oxygen atoms in total. The smallest absolute Gasteiger partial charge is 0.328 e. The number of aromatic nitrogens is 5. The summed E-state index contributed by atoms with van der Waals surface area (Å²) in [6.07, 6.45) is 2.63. The average molecular weight is 467 g/mol. The van der Waals surface area contributed by atoms with Gasteiger partial charge in [-0.2, -0.15) is 14.9 Å². The monoisotopic (exact) mass is 466 g/mol. The number of benzene rings is 1. The standard InChI is InChI=1S/C23H26N6O3S/c1-13(2)32-19(30)12-28-18-7-5-6-17(18)21(26-28)22-24-25-23-29(22)27-20(14(3)33-23)15-8-10-16(31-4)11-9-15/h8-11,13-14H,5-7,12H2,1-4H3. The highest BCUT2D eigenvalue weighted by molar-refractivity contribution is 8.00. The molecule has 0 saturated carbocycles. The lowest BCUT2D eigenvalue weighted by atomic mass is 10.1. The summed E-state index contributed by atoms with van der Waals surface area (Å²) < 4.78 is 14.2. The molecule has 10 heteroatoms. The maximum Gasteiger partial charge on any atom is 0.328 e. The Balaban J connectivity index is 1.53. The first-order valence-electron chi connectivity index (χ1n) is 11.1. The molecular formula is C23H26N6O3S. The zero-order valence-electron chi connectivity index (χ0n) is 19.1. The van der Waals surface area contributed by atoms with Crippen molar-refractivity contribution in [2.24, 2.45) is 5.10 Å². The average Bonchev–Trinajstić information content (AvgIpc) is 3.49. The molecule has 3 aromatic rings. The molecule has 1 aromatic carbocycles. The van der Waals surface area contributed by atoms with Crippen LogP contribution in [0.4, 0.5) is 0 Å². The molecule has 33 heavy (non-hydrogen) atoms. The molecule has 1 aliphatic carbocycles. The summed E-state index contributed by atoms with van der Waals surface area (Å²) in [7, 11) is 1.65. The van der Waals surface area contributed by atoms with Crippen molar-refractivity contribution in [1.82, 2.24) is 24.7 Å². The maximum atomic E-state index is 12.3. The van der Waals surface area contributed by atoms with E-state index in [1.54, 1.807) is 28.2 Å². The minimum Gasteiger partial charge on any atom is -0.497 e. The van der Waals surface area contributed by atoms with E-state index in [-0.39, 0.29) is 23.9 Å². The van der Waals surface area contributed by atoms with E-state index in [0.717, 1.165) is 58.4 Å². The van der Waals surface area contributed by atoms with Gasteiger partial charge in [0.25, 0.3) is 0 Å². The van der Waals surface area contributed by atoms with E-state index in [1.165, 1.54) is 0 Å². The summed E-state index contributed by atoms with van der Waals surface area (Å²) in [5.74, 6) is 1.11. The van der Waals surface area contributed by atoms with E-state index in [9.17, 15) is 4.79 Å². The summed E-state index contributed by atoms with van der Waals surface area (Å²) >= 11 is 1.62. The number of rotatable bonds is 6. The Morgan fingerprint density at radius 2 is 2.00 bits per heavy atom. The Morgan fingerprint density at radius 1 is 1.21 bits per heavy atom. The first-order valence-corrected chi connectivity index (χ1v) is 12.0. The number of methoxy groups -OCH3 is 1. The molecule has 1 aliphatic heterocycles. The van der Waals surface area contributed by atoms with Crippen LogP contribution in [0.15, 0.2) is 34.5 Å². The number of hydrogen-bond acceptors (Lipinski definition) is 8. The van der Waals surface area contributed by atoms with Gasteiger partial charge in [0.2, 0.25) is 11.0 Å². The van der Waals surface area contributed by atoms with Gasteiger partial charge in [-0.25, -0.2) is 0 Å². The topological polar surface area (TPSA) is 96.4 Å². The predicted octanol–water partition coefficient (Wildman–Crippen LogP) is 3.34. The van der Waals surface area contributed by atoms with Crippen LogP contribution in [0, 0.1) is 0 Å². The summed E-state index contributed by atoms with van der Waals surface area (Å²) in [4.78, 5) is 12.3. The van der Waals surface area contributed by atoms with Crippen molar-refractivity contribution in [2.75, 3.05) is 7.11 Å². The van der Waals surface area contributed by atoms with Gasteiger partial charge >= 0.3 is 5.97 Å². The van der Waals surface area contributed by atoms with Crippen LogP contribution in [-0.2, 0) is 28.9 Å². The van der Waals surface area contributed by atoms with Gasteiger partial charge in [-0.05, 0) is 69.9 Å². The van der Waals surface area contributed by atoms with Crippen molar-refractivity contribution in [1.29, 1.82) is 0 Å². The van der Waals surface area contributed by atoms with Gasteiger partial charge in [0.05, 0.1) is 24.2 Å².